The SMILES string of the molecule is COC(=O)c1nc(-c2ccsc2)cc(NC(C)=O)c1Cl. The molecule has 1 amide bonds. The zero-order valence-corrected chi connectivity index (χ0v) is 12.3. The maximum absolute atomic E-state index is 11.7. The van der Waals surface area contributed by atoms with E-state index in [9.17, 15) is 9.59 Å². The molecular weight excluding hydrogens is 300 g/mol. The quantitative estimate of drug-likeness (QED) is 0.884. The van der Waals surface area contributed by atoms with Crippen molar-refractivity contribution in [3.63, 3.8) is 0 Å². The molecule has 0 aliphatic heterocycles. The van der Waals surface area contributed by atoms with E-state index in [4.69, 9.17) is 11.6 Å². The van der Waals surface area contributed by atoms with Crippen molar-refractivity contribution in [3.05, 3.63) is 33.6 Å². The molecule has 0 saturated carbocycles. The van der Waals surface area contributed by atoms with Gasteiger partial charge in [-0.1, -0.05) is 11.6 Å². The molecule has 20 heavy (non-hydrogen) atoms. The van der Waals surface area contributed by atoms with E-state index in [0.717, 1.165) is 5.56 Å². The fraction of sp³-hybridized carbons (Fsp3) is 0.154. The number of thiophene rings is 1. The van der Waals surface area contributed by atoms with Crippen molar-refractivity contribution in [2.24, 2.45) is 0 Å². The Labute approximate surface area is 124 Å². The van der Waals surface area contributed by atoms with E-state index in [1.807, 2.05) is 16.8 Å². The lowest BCUT2D eigenvalue weighted by atomic mass is 10.2. The fourth-order valence-corrected chi connectivity index (χ4v) is 2.47. The van der Waals surface area contributed by atoms with Gasteiger partial charge in [-0.25, -0.2) is 9.78 Å². The predicted molar refractivity (Wildman–Crippen MR) is 78.2 cm³/mol. The lowest BCUT2D eigenvalue weighted by Crippen LogP contribution is -2.11. The van der Waals surface area contributed by atoms with Crippen LogP contribution in [-0.2, 0) is 9.53 Å². The molecule has 0 fully saturated rings. The molecule has 0 bridgehead atoms. The predicted octanol–water partition coefficient (Wildman–Crippen LogP) is 3.21. The van der Waals surface area contributed by atoms with E-state index >= 15 is 0 Å². The second kappa shape index (κ2) is 6.02. The van der Waals surface area contributed by atoms with Crippen LogP contribution in [-0.4, -0.2) is 24.0 Å². The number of nitrogens with one attached hydrogen (secondary N) is 1. The normalized spacial score (nSPS) is 10.2. The van der Waals surface area contributed by atoms with Crippen LogP contribution in [0, 0.1) is 0 Å². The first-order valence-electron chi connectivity index (χ1n) is 5.62. The summed E-state index contributed by atoms with van der Waals surface area (Å²) in [5.41, 5.74) is 1.68. The van der Waals surface area contributed by atoms with Crippen molar-refractivity contribution in [3.8, 4) is 11.3 Å². The highest BCUT2D eigenvalue weighted by Crippen LogP contribution is 2.31. The Hall–Kier alpha value is -1.92. The van der Waals surface area contributed by atoms with Gasteiger partial charge in [-0.2, -0.15) is 11.3 Å². The molecule has 0 radical (unpaired) electrons. The summed E-state index contributed by atoms with van der Waals surface area (Å²) in [6, 6.07) is 3.48. The molecule has 2 heterocycles. The molecule has 5 nitrogen and oxygen atoms in total. The van der Waals surface area contributed by atoms with Gasteiger partial charge in [-0.15, -0.1) is 0 Å². The number of aromatic nitrogens is 1. The van der Waals surface area contributed by atoms with Crippen molar-refractivity contribution in [2.75, 3.05) is 12.4 Å². The number of anilines is 1. The van der Waals surface area contributed by atoms with Gasteiger partial charge in [0.05, 0.1) is 23.5 Å². The van der Waals surface area contributed by atoms with Gasteiger partial charge < -0.3 is 10.1 Å². The standard InChI is InChI=1S/C13H11ClN2O3S/c1-7(17)15-10-5-9(8-3-4-20-6-8)16-12(11(10)14)13(18)19-2/h3-6H,1-2H3,(H,15,16,17). The number of ether oxygens (including phenoxy) is 1. The van der Waals surface area contributed by atoms with Gasteiger partial charge in [0, 0.05) is 17.9 Å². The van der Waals surface area contributed by atoms with E-state index in [1.165, 1.54) is 25.4 Å². The summed E-state index contributed by atoms with van der Waals surface area (Å²) < 4.78 is 4.65. The lowest BCUT2D eigenvalue weighted by Gasteiger charge is -2.10. The summed E-state index contributed by atoms with van der Waals surface area (Å²) in [6.45, 7) is 1.36. The van der Waals surface area contributed by atoms with Gasteiger partial charge in [0.15, 0.2) is 5.69 Å². The van der Waals surface area contributed by atoms with Crippen molar-refractivity contribution < 1.29 is 14.3 Å². The second-order valence-corrected chi connectivity index (χ2v) is 5.06. The minimum absolute atomic E-state index is 0.0263. The number of esters is 1. The van der Waals surface area contributed by atoms with Crippen LogP contribution in [0.15, 0.2) is 22.9 Å². The molecule has 1 N–H and O–H groups in total. The zero-order chi connectivity index (χ0) is 14.7. The summed E-state index contributed by atoms with van der Waals surface area (Å²) >= 11 is 7.59. The van der Waals surface area contributed by atoms with Crippen LogP contribution >= 0.6 is 22.9 Å². The van der Waals surface area contributed by atoms with Crippen LogP contribution in [0.25, 0.3) is 11.3 Å². The second-order valence-electron chi connectivity index (χ2n) is 3.90. The summed E-state index contributed by atoms with van der Waals surface area (Å²) in [4.78, 5) is 27.1. The van der Waals surface area contributed by atoms with E-state index in [-0.39, 0.29) is 16.6 Å². The van der Waals surface area contributed by atoms with Gasteiger partial charge in [0.2, 0.25) is 5.91 Å². The van der Waals surface area contributed by atoms with E-state index in [2.05, 4.69) is 15.0 Å². The number of nitrogens with zero attached hydrogens (tertiary/aromatic N) is 1. The molecule has 2 rings (SSSR count). The maximum Gasteiger partial charge on any atom is 0.358 e. The van der Waals surface area contributed by atoms with Gasteiger partial charge in [-0.05, 0) is 17.5 Å². The van der Waals surface area contributed by atoms with Crippen LogP contribution in [0.4, 0.5) is 5.69 Å². The Morgan fingerprint density at radius 3 is 2.75 bits per heavy atom. The van der Waals surface area contributed by atoms with Gasteiger partial charge >= 0.3 is 5.97 Å². The number of hydrogen-bond acceptors (Lipinski definition) is 5. The van der Waals surface area contributed by atoms with Gasteiger partial charge in [0.25, 0.3) is 0 Å². The number of amides is 1. The summed E-state index contributed by atoms with van der Waals surface area (Å²) in [6.07, 6.45) is 0. The highest BCUT2D eigenvalue weighted by atomic mass is 35.5. The molecule has 0 aromatic carbocycles. The molecule has 2 aromatic rings. The summed E-state index contributed by atoms with van der Waals surface area (Å²) in [5, 5.41) is 6.41. The molecule has 104 valence electrons. The van der Waals surface area contributed by atoms with Crippen LogP contribution in [0.2, 0.25) is 5.02 Å². The molecule has 7 heteroatoms. The first-order valence-corrected chi connectivity index (χ1v) is 6.94. The van der Waals surface area contributed by atoms with Crippen molar-refractivity contribution in [1.29, 1.82) is 0 Å². The Morgan fingerprint density at radius 1 is 1.45 bits per heavy atom. The molecular formula is C13H11ClN2O3S. The van der Waals surface area contributed by atoms with Crippen molar-refractivity contribution in [1.82, 2.24) is 4.98 Å². The number of carbonyl (C=O) groups excluding carboxylic acids is 2. The third-order valence-electron chi connectivity index (χ3n) is 2.46. The van der Waals surface area contributed by atoms with E-state index in [1.54, 1.807) is 6.07 Å². The lowest BCUT2D eigenvalue weighted by molar-refractivity contribution is -0.114. The molecule has 0 atom stereocenters. The molecule has 0 unspecified atom stereocenters. The van der Waals surface area contributed by atoms with E-state index < -0.39 is 5.97 Å². The molecule has 2 aromatic heterocycles. The van der Waals surface area contributed by atoms with Crippen LogP contribution < -0.4 is 5.32 Å². The zero-order valence-electron chi connectivity index (χ0n) is 10.8. The van der Waals surface area contributed by atoms with Crippen LogP contribution in [0.1, 0.15) is 17.4 Å². The van der Waals surface area contributed by atoms with Gasteiger partial charge in [0.1, 0.15) is 0 Å². The number of pyridine rings is 1. The first kappa shape index (κ1) is 14.5. The Morgan fingerprint density at radius 2 is 2.20 bits per heavy atom. The fourth-order valence-electron chi connectivity index (χ4n) is 1.60. The number of methoxy groups -OCH3 is 1. The highest BCUT2D eigenvalue weighted by molar-refractivity contribution is 7.08. The third kappa shape index (κ3) is 2.97. The minimum atomic E-state index is -0.654. The Balaban J connectivity index is 2.59. The monoisotopic (exact) mass is 310 g/mol. The smallest absolute Gasteiger partial charge is 0.358 e. The van der Waals surface area contributed by atoms with Gasteiger partial charge in [-0.3, -0.25) is 4.79 Å². The molecule has 0 saturated heterocycles. The van der Waals surface area contributed by atoms with E-state index in [0.29, 0.717) is 11.4 Å². The first-order chi connectivity index (χ1) is 9.52. The number of carbonyl (C=O) groups is 2. The molecule has 0 aliphatic carbocycles. The van der Waals surface area contributed by atoms with Crippen molar-refractivity contribution in [2.45, 2.75) is 6.92 Å². The maximum atomic E-state index is 11.7. The molecule has 0 spiro atoms. The highest BCUT2D eigenvalue weighted by Gasteiger charge is 2.19. The number of halogens is 1. The third-order valence-corrected chi connectivity index (χ3v) is 3.53. The molecule has 0 aliphatic rings. The number of hydrogen-bond donors (Lipinski definition) is 1. The average molecular weight is 311 g/mol. The summed E-state index contributed by atoms with van der Waals surface area (Å²) in [5.74, 6) is -0.941. The summed E-state index contributed by atoms with van der Waals surface area (Å²) in [7, 11) is 1.25. The Kier molecular flexibility index (Phi) is 4.36. The van der Waals surface area contributed by atoms with Crippen LogP contribution in [0.3, 0.4) is 0 Å². The van der Waals surface area contributed by atoms with Crippen molar-refractivity contribution >= 4 is 40.5 Å². The number of rotatable bonds is 3. The largest absolute Gasteiger partial charge is 0.464 e. The topological polar surface area (TPSA) is 68.3 Å². The average Bonchev–Trinajstić information content (AvgIpc) is 2.93. The van der Waals surface area contributed by atoms with Crippen LogP contribution in [0.5, 0.6) is 0 Å². The Bertz CT molecular complexity index is 656. The minimum Gasteiger partial charge on any atom is -0.464 e.